The molecule has 0 unspecified atom stereocenters. The second kappa shape index (κ2) is 11.5. The highest BCUT2D eigenvalue weighted by Crippen LogP contribution is 2.32. The first kappa shape index (κ1) is 23.5. The van der Waals surface area contributed by atoms with Crippen LogP contribution in [0.3, 0.4) is 0 Å². The van der Waals surface area contributed by atoms with Gasteiger partial charge >= 0.3 is 0 Å². The van der Waals surface area contributed by atoms with E-state index in [0.29, 0.717) is 50.6 Å². The minimum Gasteiger partial charge on any atom is -0.494 e. The third kappa shape index (κ3) is 5.56. The van der Waals surface area contributed by atoms with E-state index in [9.17, 15) is 9.59 Å². The lowest BCUT2D eigenvalue weighted by Gasteiger charge is -2.21. The number of hydrogen-bond acceptors (Lipinski definition) is 5. The van der Waals surface area contributed by atoms with Crippen LogP contribution in [0.4, 0.5) is 0 Å². The topological polar surface area (TPSA) is 59.1 Å². The summed E-state index contributed by atoms with van der Waals surface area (Å²) in [6.07, 6.45) is 1.53. The summed E-state index contributed by atoms with van der Waals surface area (Å²) in [5.74, 6) is 0.232. The molecule has 2 amide bonds. The molecule has 0 spiro atoms. The third-order valence-corrected chi connectivity index (χ3v) is 5.28. The van der Waals surface area contributed by atoms with Crippen molar-refractivity contribution in [3.8, 4) is 5.75 Å². The van der Waals surface area contributed by atoms with Gasteiger partial charge in [-0.15, -0.1) is 0 Å². The van der Waals surface area contributed by atoms with Crippen LogP contribution in [0.25, 0.3) is 5.57 Å². The minimum absolute atomic E-state index is 0.258. The minimum atomic E-state index is -0.261. The molecular formula is C26H32N2O4. The van der Waals surface area contributed by atoms with E-state index in [4.69, 9.17) is 9.47 Å². The van der Waals surface area contributed by atoms with Crippen LogP contribution >= 0.6 is 0 Å². The van der Waals surface area contributed by atoms with Crippen LogP contribution in [0.2, 0.25) is 0 Å². The molecule has 2 aromatic carbocycles. The Labute approximate surface area is 190 Å². The van der Waals surface area contributed by atoms with Gasteiger partial charge in [-0.25, -0.2) is 0 Å². The van der Waals surface area contributed by atoms with E-state index in [1.807, 2.05) is 73.5 Å². The summed E-state index contributed by atoms with van der Waals surface area (Å²) in [6.45, 7) is 6.61. The summed E-state index contributed by atoms with van der Waals surface area (Å²) in [6, 6.07) is 17.3. The maximum Gasteiger partial charge on any atom is 0.277 e. The van der Waals surface area contributed by atoms with Gasteiger partial charge in [0.1, 0.15) is 11.4 Å². The van der Waals surface area contributed by atoms with E-state index in [1.165, 1.54) is 4.90 Å². The molecular weight excluding hydrogens is 404 g/mol. The fraction of sp³-hybridized carbons (Fsp3) is 0.385. The summed E-state index contributed by atoms with van der Waals surface area (Å²) < 4.78 is 11.1. The quantitative estimate of drug-likeness (QED) is 0.370. The molecule has 170 valence electrons. The van der Waals surface area contributed by atoms with Crippen LogP contribution in [0.1, 0.15) is 37.8 Å². The van der Waals surface area contributed by atoms with E-state index in [2.05, 4.69) is 6.92 Å². The number of imide groups is 1. The number of amides is 2. The number of nitrogens with zero attached hydrogens (tertiary/aromatic N) is 2. The monoisotopic (exact) mass is 436 g/mol. The van der Waals surface area contributed by atoms with Crippen molar-refractivity contribution in [2.75, 3.05) is 33.4 Å². The van der Waals surface area contributed by atoms with Crippen molar-refractivity contribution in [3.63, 3.8) is 0 Å². The number of carbonyl (C=O) groups is 2. The van der Waals surface area contributed by atoms with E-state index in [0.717, 1.165) is 23.3 Å². The molecule has 6 nitrogen and oxygen atoms in total. The van der Waals surface area contributed by atoms with Gasteiger partial charge in [0.25, 0.3) is 11.8 Å². The lowest BCUT2D eigenvalue weighted by atomic mass is 10.0. The van der Waals surface area contributed by atoms with Gasteiger partial charge in [0.2, 0.25) is 0 Å². The second-order valence-electron chi connectivity index (χ2n) is 7.75. The average Bonchev–Trinajstić information content (AvgIpc) is 3.06. The summed E-state index contributed by atoms with van der Waals surface area (Å²) in [5, 5.41) is 0. The van der Waals surface area contributed by atoms with E-state index in [1.54, 1.807) is 0 Å². The van der Waals surface area contributed by atoms with Crippen molar-refractivity contribution >= 4 is 17.4 Å². The highest BCUT2D eigenvalue weighted by atomic mass is 16.5. The fourth-order valence-electron chi connectivity index (χ4n) is 3.72. The first-order chi connectivity index (χ1) is 15.6. The van der Waals surface area contributed by atoms with Crippen LogP contribution in [0, 0.1) is 0 Å². The molecule has 6 heteroatoms. The molecule has 1 aliphatic rings. The predicted octanol–water partition coefficient (Wildman–Crippen LogP) is 4.11. The van der Waals surface area contributed by atoms with Crippen molar-refractivity contribution in [2.45, 2.75) is 33.2 Å². The molecule has 0 atom stereocenters. The standard InChI is InChI=1S/C26H32N2O4/c1-4-17-32-22-14-12-21(13-15-22)23-24(27(3)19-20-10-7-6-8-11-20)26(30)28(25(23)29)16-9-18-31-5-2/h6-8,10-15H,4-5,9,16-19H2,1-3H3. The molecule has 1 heterocycles. The smallest absolute Gasteiger partial charge is 0.277 e. The van der Waals surface area contributed by atoms with Crippen molar-refractivity contribution in [1.29, 1.82) is 0 Å². The van der Waals surface area contributed by atoms with E-state index in [-0.39, 0.29) is 11.8 Å². The first-order valence-electron chi connectivity index (χ1n) is 11.2. The van der Waals surface area contributed by atoms with Crippen LogP contribution in [0.5, 0.6) is 5.75 Å². The molecule has 1 aliphatic heterocycles. The maximum absolute atomic E-state index is 13.4. The maximum atomic E-state index is 13.4. The van der Waals surface area contributed by atoms with Crippen LogP contribution < -0.4 is 4.74 Å². The Morgan fingerprint density at radius 3 is 2.28 bits per heavy atom. The van der Waals surface area contributed by atoms with Crippen LogP contribution in [-0.4, -0.2) is 55.0 Å². The molecule has 0 aliphatic carbocycles. The predicted molar refractivity (Wildman–Crippen MR) is 125 cm³/mol. The number of rotatable bonds is 12. The molecule has 0 saturated heterocycles. The van der Waals surface area contributed by atoms with Crippen LogP contribution in [0.15, 0.2) is 60.3 Å². The van der Waals surface area contributed by atoms with E-state index < -0.39 is 0 Å². The molecule has 0 radical (unpaired) electrons. The molecule has 0 saturated carbocycles. The van der Waals surface area contributed by atoms with Gasteiger partial charge in [0, 0.05) is 33.4 Å². The van der Waals surface area contributed by atoms with Gasteiger partial charge in [-0.05, 0) is 43.0 Å². The lowest BCUT2D eigenvalue weighted by molar-refractivity contribution is -0.137. The van der Waals surface area contributed by atoms with E-state index >= 15 is 0 Å². The third-order valence-electron chi connectivity index (χ3n) is 5.28. The highest BCUT2D eigenvalue weighted by Gasteiger charge is 2.40. The zero-order valence-electron chi connectivity index (χ0n) is 19.2. The Morgan fingerprint density at radius 1 is 0.906 bits per heavy atom. The van der Waals surface area contributed by atoms with Gasteiger partial charge in [-0.1, -0.05) is 49.4 Å². The molecule has 0 N–H and O–H groups in total. The zero-order valence-corrected chi connectivity index (χ0v) is 19.2. The summed E-state index contributed by atoms with van der Waals surface area (Å²) in [7, 11) is 1.86. The van der Waals surface area contributed by atoms with Gasteiger partial charge < -0.3 is 14.4 Å². The number of carbonyl (C=O) groups excluding carboxylic acids is 2. The normalized spacial score (nSPS) is 13.8. The van der Waals surface area contributed by atoms with Crippen molar-refractivity contribution in [1.82, 2.24) is 9.80 Å². The first-order valence-corrected chi connectivity index (χ1v) is 11.2. The molecule has 0 fully saturated rings. The molecule has 2 aromatic rings. The average molecular weight is 437 g/mol. The molecule has 0 bridgehead atoms. The second-order valence-corrected chi connectivity index (χ2v) is 7.75. The number of hydrogen-bond donors (Lipinski definition) is 0. The van der Waals surface area contributed by atoms with Crippen molar-refractivity contribution in [3.05, 3.63) is 71.4 Å². The number of likely N-dealkylation sites (N-methyl/N-ethyl adjacent to an activating group) is 1. The van der Waals surface area contributed by atoms with Gasteiger partial charge in [0.05, 0.1) is 12.2 Å². The van der Waals surface area contributed by atoms with Gasteiger partial charge in [-0.3, -0.25) is 14.5 Å². The Balaban J connectivity index is 1.90. The Bertz CT molecular complexity index is 938. The molecule has 32 heavy (non-hydrogen) atoms. The largest absolute Gasteiger partial charge is 0.494 e. The highest BCUT2D eigenvalue weighted by molar-refractivity contribution is 6.35. The van der Waals surface area contributed by atoms with Crippen LogP contribution in [-0.2, 0) is 20.9 Å². The summed E-state index contributed by atoms with van der Waals surface area (Å²) >= 11 is 0. The number of benzene rings is 2. The fourth-order valence-corrected chi connectivity index (χ4v) is 3.72. The SMILES string of the molecule is CCCOc1ccc(C2=C(N(C)Cc3ccccc3)C(=O)N(CCCOCC)C2=O)cc1. The van der Waals surface area contributed by atoms with Crippen molar-refractivity contribution < 1.29 is 19.1 Å². The zero-order chi connectivity index (χ0) is 22.9. The lowest BCUT2D eigenvalue weighted by Crippen LogP contribution is -2.35. The van der Waals surface area contributed by atoms with Gasteiger partial charge in [0.15, 0.2) is 0 Å². The molecule has 0 aromatic heterocycles. The summed E-state index contributed by atoms with van der Waals surface area (Å²) in [5.41, 5.74) is 2.65. The molecule has 3 rings (SSSR count). The Kier molecular flexibility index (Phi) is 8.45. The Hall–Kier alpha value is -3.12. The van der Waals surface area contributed by atoms with Gasteiger partial charge in [-0.2, -0.15) is 0 Å². The van der Waals surface area contributed by atoms with Crippen molar-refractivity contribution in [2.24, 2.45) is 0 Å². The number of ether oxygens (including phenoxy) is 2. The Morgan fingerprint density at radius 2 is 1.62 bits per heavy atom. The summed E-state index contributed by atoms with van der Waals surface area (Å²) in [4.78, 5) is 29.9.